The summed E-state index contributed by atoms with van der Waals surface area (Å²) in [6.07, 6.45) is 2.77. The smallest absolute Gasteiger partial charge is 0.229 e. The van der Waals surface area contributed by atoms with Gasteiger partial charge in [-0.15, -0.1) is 0 Å². The van der Waals surface area contributed by atoms with E-state index in [2.05, 4.69) is 19.2 Å². The summed E-state index contributed by atoms with van der Waals surface area (Å²) in [5, 5.41) is 4.07. The maximum atomic E-state index is 13.0. The monoisotopic (exact) mass is 308 g/mol. The molecule has 4 heteroatoms. The van der Waals surface area contributed by atoms with Crippen LogP contribution in [0.3, 0.4) is 0 Å². The lowest BCUT2D eigenvalue weighted by Crippen LogP contribution is -2.48. The van der Waals surface area contributed by atoms with Gasteiger partial charge in [0.2, 0.25) is 5.91 Å². The Balaban J connectivity index is 2.15. The first-order chi connectivity index (χ1) is 10.00. The summed E-state index contributed by atoms with van der Waals surface area (Å²) in [5.41, 5.74) is 0.927. The third-order valence-electron chi connectivity index (χ3n) is 4.94. The number of nitrogens with one attached hydrogen (secondary N) is 1. The molecular weight excluding hydrogens is 284 g/mol. The molecular formula is C17H25ClN2O. The lowest BCUT2D eigenvalue weighted by atomic mass is 9.75. The van der Waals surface area contributed by atoms with Crippen LogP contribution in [-0.2, 0) is 4.79 Å². The van der Waals surface area contributed by atoms with E-state index in [0.29, 0.717) is 0 Å². The van der Waals surface area contributed by atoms with Gasteiger partial charge in [-0.2, -0.15) is 0 Å². The van der Waals surface area contributed by atoms with Crippen LogP contribution in [-0.4, -0.2) is 30.9 Å². The number of hydrogen-bond acceptors (Lipinski definition) is 2. The molecule has 0 aliphatic carbocycles. The summed E-state index contributed by atoms with van der Waals surface area (Å²) >= 11 is 5.94. The summed E-state index contributed by atoms with van der Waals surface area (Å²) in [5.74, 6) is 0.272. The first kappa shape index (κ1) is 16.3. The largest absolute Gasteiger partial charge is 0.339 e. The van der Waals surface area contributed by atoms with Gasteiger partial charge in [0, 0.05) is 12.1 Å². The standard InChI is InChI=1S/C17H25ClN2O/c1-4-17(9-11-19-12-10-17)16(21)20(3)13(2)14-5-7-15(18)8-6-14/h5-8,13,19H,4,9-12H2,1-3H3. The molecule has 0 radical (unpaired) electrons. The first-order valence-corrected chi connectivity index (χ1v) is 8.11. The van der Waals surface area contributed by atoms with Crippen LogP contribution in [0.4, 0.5) is 0 Å². The highest BCUT2D eigenvalue weighted by Gasteiger charge is 2.40. The summed E-state index contributed by atoms with van der Waals surface area (Å²) in [6, 6.07) is 7.82. The Morgan fingerprint density at radius 2 is 1.90 bits per heavy atom. The van der Waals surface area contributed by atoms with E-state index >= 15 is 0 Å². The summed E-state index contributed by atoms with van der Waals surface area (Å²) in [4.78, 5) is 14.9. The number of benzene rings is 1. The number of nitrogens with zero attached hydrogens (tertiary/aromatic N) is 1. The van der Waals surface area contributed by atoms with Gasteiger partial charge >= 0.3 is 0 Å². The van der Waals surface area contributed by atoms with E-state index in [9.17, 15) is 4.79 Å². The second-order valence-corrected chi connectivity index (χ2v) is 6.46. The predicted molar refractivity (Wildman–Crippen MR) is 87.5 cm³/mol. The minimum Gasteiger partial charge on any atom is -0.339 e. The van der Waals surface area contributed by atoms with Crippen molar-refractivity contribution in [3.05, 3.63) is 34.9 Å². The van der Waals surface area contributed by atoms with Crippen molar-refractivity contribution < 1.29 is 4.79 Å². The SMILES string of the molecule is CCC1(C(=O)N(C)C(C)c2ccc(Cl)cc2)CCNCC1. The lowest BCUT2D eigenvalue weighted by Gasteiger charge is -2.40. The maximum Gasteiger partial charge on any atom is 0.229 e. The highest BCUT2D eigenvalue weighted by atomic mass is 35.5. The molecule has 3 nitrogen and oxygen atoms in total. The van der Waals surface area contributed by atoms with Gasteiger partial charge < -0.3 is 10.2 Å². The van der Waals surface area contributed by atoms with Crippen molar-refractivity contribution in [2.45, 2.75) is 39.2 Å². The number of hydrogen-bond donors (Lipinski definition) is 1. The van der Waals surface area contributed by atoms with Gasteiger partial charge in [-0.25, -0.2) is 0 Å². The van der Waals surface area contributed by atoms with Crippen molar-refractivity contribution in [2.24, 2.45) is 5.41 Å². The quantitative estimate of drug-likeness (QED) is 0.921. The lowest BCUT2D eigenvalue weighted by molar-refractivity contribution is -0.144. The van der Waals surface area contributed by atoms with Crippen LogP contribution in [0.25, 0.3) is 0 Å². The van der Waals surface area contributed by atoms with Gasteiger partial charge in [0.25, 0.3) is 0 Å². The van der Waals surface area contributed by atoms with Crippen LogP contribution in [0.15, 0.2) is 24.3 Å². The molecule has 1 amide bonds. The van der Waals surface area contributed by atoms with Gasteiger partial charge in [0.15, 0.2) is 0 Å². The van der Waals surface area contributed by atoms with Crippen LogP contribution in [0.5, 0.6) is 0 Å². The molecule has 1 aliphatic heterocycles. The normalized spacial score (nSPS) is 19.0. The van der Waals surface area contributed by atoms with Crippen LogP contribution < -0.4 is 5.32 Å². The molecule has 1 aliphatic rings. The molecule has 1 N–H and O–H groups in total. The molecule has 1 heterocycles. The first-order valence-electron chi connectivity index (χ1n) is 7.73. The Morgan fingerprint density at radius 3 is 2.43 bits per heavy atom. The minimum absolute atomic E-state index is 0.0630. The Morgan fingerprint density at radius 1 is 1.33 bits per heavy atom. The summed E-state index contributed by atoms with van der Waals surface area (Å²) in [7, 11) is 1.92. The van der Waals surface area contributed by atoms with Crippen LogP contribution >= 0.6 is 11.6 Å². The topological polar surface area (TPSA) is 32.3 Å². The summed E-state index contributed by atoms with van der Waals surface area (Å²) in [6.45, 7) is 6.07. The number of carbonyl (C=O) groups is 1. The van der Waals surface area contributed by atoms with E-state index in [1.54, 1.807) is 0 Å². The second-order valence-electron chi connectivity index (χ2n) is 6.03. The fourth-order valence-corrected chi connectivity index (χ4v) is 3.26. The zero-order valence-electron chi connectivity index (χ0n) is 13.2. The predicted octanol–water partition coefficient (Wildman–Crippen LogP) is 3.64. The van der Waals surface area contributed by atoms with Crippen molar-refractivity contribution in [3.63, 3.8) is 0 Å². The average Bonchev–Trinajstić information content (AvgIpc) is 2.54. The fourth-order valence-electron chi connectivity index (χ4n) is 3.14. The molecule has 1 saturated heterocycles. The van der Waals surface area contributed by atoms with Crippen molar-refractivity contribution in [2.75, 3.05) is 20.1 Å². The van der Waals surface area contributed by atoms with E-state index in [-0.39, 0.29) is 17.4 Å². The molecule has 0 spiro atoms. The highest BCUT2D eigenvalue weighted by molar-refractivity contribution is 6.30. The van der Waals surface area contributed by atoms with E-state index in [1.807, 2.05) is 36.2 Å². The van der Waals surface area contributed by atoms with E-state index in [4.69, 9.17) is 11.6 Å². The molecule has 1 atom stereocenters. The number of halogens is 1. The Bertz CT molecular complexity index is 480. The van der Waals surface area contributed by atoms with Gasteiger partial charge in [-0.05, 0) is 57.0 Å². The van der Waals surface area contributed by atoms with Gasteiger partial charge in [0.1, 0.15) is 0 Å². The van der Waals surface area contributed by atoms with Crippen molar-refractivity contribution >= 4 is 17.5 Å². The number of carbonyl (C=O) groups excluding carboxylic acids is 1. The third kappa shape index (κ3) is 3.41. The highest BCUT2D eigenvalue weighted by Crippen LogP contribution is 2.36. The Kier molecular flexibility index (Phi) is 5.28. The molecule has 1 fully saturated rings. The molecule has 1 aromatic carbocycles. The Hall–Kier alpha value is -1.06. The van der Waals surface area contributed by atoms with E-state index in [1.165, 1.54) is 0 Å². The number of amides is 1. The van der Waals surface area contributed by atoms with Crippen molar-refractivity contribution in [1.29, 1.82) is 0 Å². The van der Waals surface area contributed by atoms with Crippen LogP contribution in [0.2, 0.25) is 5.02 Å². The van der Waals surface area contributed by atoms with Gasteiger partial charge in [-0.3, -0.25) is 4.79 Å². The van der Waals surface area contributed by atoms with E-state index in [0.717, 1.165) is 42.9 Å². The van der Waals surface area contributed by atoms with Crippen molar-refractivity contribution in [3.8, 4) is 0 Å². The zero-order valence-corrected chi connectivity index (χ0v) is 13.9. The van der Waals surface area contributed by atoms with Crippen molar-refractivity contribution in [1.82, 2.24) is 10.2 Å². The molecule has 0 saturated carbocycles. The summed E-state index contributed by atoms with van der Waals surface area (Å²) < 4.78 is 0. The van der Waals surface area contributed by atoms with Crippen LogP contribution in [0.1, 0.15) is 44.7 Å². The fraction of sp³-hybridized carbons (Fsp3) is 0.588. The molecule has 21 heavy (non-hydrogen) atoms. The number of rotatable bonds is 4. The maximum absolute atomic E-state index is 13.0. The molecule has 1 unspecified atom stereocenters. The molecule has 2 rings (SSSR count). The molecule has 1 aromatic rings. The molecule has 0 aromatic heterocycles. The van der Waals surface area contributed by atoms with Gasteiger partial charge in [0.05, 0.1) is 11.5 Å². The molecule has 116 valence electrons. The molecule has 0 bridgehead atoms. The van der Waals surface area contributed by atoms with E-state index < -0.39 is 0 Å². The zero-order chi connectivity index (χ0) is 15.5. The number of piperidine rings is 1. The minimum atomic E-state index is -0.194. The van der Waals surface area contributed by atoms with Gasteiger partial charge in [-0.1, -0.05) is 30.7 Å². The Labute approximate surface area is 132 Å². The van der Waals surface area contributed by atoms with Crippen LogP contribution in [0, 0.1) is 5.41 Å². The second kappa shape index (κ2) is 6.80. The third-order valence-corrected chi connectivity index (χ3v) is 5.20. The average molecular weight is 309 g/mol.